The van der Waals surface area contributed by atoms with E-state index in [-0.39, 0.29) is 0 Å². The molecule has 0 fully saturated rings. The Labute approximate surface area is 83.7 Å². The van der Waals surface area contributed by atoms with Crippen LogP contribution in [0.1, 0.15) is 53.9 Å². The molecule has 0 N–H and O–H groups in total. The highest BCUT2D eigenvalue weighted by Crippen LogP contribution is 2.26. The van der Waals surface area contributed by atoms with E-state index in [1.807, 2.05) is 13.8 Å². The molecule has 0 bridgehead atoms. The van der Waals surface area contributed by atoms with Crippen molar-refractivity contribution in [3.05, 3.63) is 23.3 Å². The van der Waals surface area contributed by atoms with E-state index in [1.165, 1.54) is 19.3 Å². The van der Waals surface area contributed by atoms with Gasteiger partial charge in [-0.05, 0) is 30.8 Å². The molecule has 1 rings (SSSR count). The van der Waals surface area contributed by atoms with E-state index in [4.69, 9.17) is 0 Å². The van der Waals surface area contributed by atoms with E-state index >= 15 is 0 Å². The van der Waals surface area contributed by atoms with Gasteiger partial charge in [-0.2, -0.15) is 0 Å². The molecule has 0 heterocycles. The van der Waals surface area contributed by atoms with Gasteiger partial charge in [0.25, 0.3) is 0 Å². The smallest absolute Gasteiger partial charge is 0.0254 e. The van der Waals surface area contributed by atoms with Crippen molar-refractivity contribution >= 4 is 0 Å². The van der Waals surface area contributed by atoms with Crippen LogP contribution in [-0.2, 0) is 0 Å². The van der Waals surface area contributed by atoms with Crippen molar-refractivity contribution in [1.82, 2.24) is 0 Å². The van der Waals surface area contributed by atoms with Gasteiger partial charge in [0.1, 0.15) is 0 Å². The van der Waals surface area contributed by atoms with Crippen molar-refractivity contribution in [1.29, 1.82) is 0 Å². The van der Waals surface area contributed by atoms with Crippen molar-refractivity contribution in [2.24, 2.45) is 5.92 Å². The molecule has 13 heavy (non-hydrogen) atoms. The van der Waals surface area contributed by atoms with Crippen molar-refractivity contribution < 1.29 is 0 Å². The highest BCUT2D eigenvalue weighted by molar-refractivity contribution is 5.30. The lowest BCUT2D eigenvalue weighted by molar-refractivity contribution is 0.692. The first kappa shape index (κ1) is 12.5. The van der Waals surface area contributed by atoms with Crippen LogP contribution < -0.4 is 0 Å². The average Bonchev–Trinajstić information content (AvgIpc) is 2.20. The molecule has 0 unspecified atom stereocenters. The first-order valence-electron chi connectivity index (χ1n) is 5.64. The molecule has 0 heteroatoms. The second kappa shape index (κ2) is 6.94. The van der Waals surface area contributed by atoms with Gasteiger partial charge in [-0.25, -0.2) is 0 Å². The van der Waals surface area contributed by atoms with Crippen LogP contribution in [0.3, 0.4) is 0 Å². The third kappa shape index (κ3) is 3.80. The number of allylic oxidation sites excluding steroid dienone is 4. The van der Waals surface area contributed by atoms with E-state index in [9.17, 15) is 0 Å². The summed E-state index contributed by atoms with van der Waals surface area (Å²) in [5.74, 6) is 0.745. The molecule has 0 saturated heterocycles. The van der Waals surface area contributed by atoms with Crippen molar-refractivity contribution in [3.63, 3.8) is 0 Å². The summed E-state index contributed by atoms with van der Waals surface area (Å²) in [7, 11) is 0. The molecule has 0 aromatic heterocycles. The molecular weight excluding hydrogens is 156 g/mol. The minimum absolute atomic E-state index is 0.745. The van der Waals surface area contributed by atoms with E-state index in [0.717, 1.165) is 5.92 Å². The lowest BCUT2D eigenvalue weighted by Crippen LogP contribution is -2.01. The Hall–Kier alpha value is -0.520. The maximum absolute atomic E-state index is 2.30. The Balaban J connectivity index is 0.000000671. The van der Waals surface area contributed by atoms with Gasteiger partial charge in [-0.3, -0.25) is 0 Å². The van der Waals surface area contributed by atoms with E-state index in [2.05, 4.69) is 32.9 Å². The number of rotatable bonds is 2. The summed E-state index contributed by atoms with van der Waals surface area (Å²) in [5.41, 5.74) is 3.25. The molecule has 1 aliphatic rings. The third-order valence-corrected chi connectivity index (χ3v) is 2.39. The van der Waals surface area contributed by atoms with Crippen LogP contribution in [0.25, 0.3) is 0 Å². The molecule has 0 saturated carbocycles. The third-order valence-electron chi connectivity index (χ3n) is 2.39. The SMILES string of the molecule is CC.CCC1=C(C(C)C)CCC=C1. The molecule has 0 amide bonds. The van der Waals surface area contributed by atoms with Gasteiger partial charge in [-0.1, -0.05) is 52.3 Å². The molecule has 0 nitrogen and oxygen atoms in total. The van der Waals surface area contributed by atoms with E-state index in [0.29, 0.717) is 0 Å². The van der Waals surface area contributed by atoms with Crippen LogP contribution in [0.2, 0.25) is 0 Å². The predicted octanol–water partition coefficient (Wildman–Crippen LogP) is 4.73. The second-order valence-electron chi connectivity index (χ2n) is 3.50. The fraction of sp³-hybridized carbons (Fsp3) is 0.692. The largest absolute Gasteiger partial charge is 0.0839 e. The normalized spacial score (nSPS) is 15.8. The topological polar surface area (TPSA) is 0 Å². The van der Waals surface area contributed by atoms with Gasteiger partial charge in [0.2, 0.25) is 0 Å². The Morgan fingerprint density at radius 1 is 1.31 bits per heavy atom. The van der Waals surface area contributed by atoms with Crippen LogP contribution >= 0.6 is 0 Å². The zero-order valence-corrected chi connectivity index (χ0v) is 9.85. The number of hydrogen-bond acceptors (Lipinski definition) is 0. The minimum atomic E-state index is 0.745. The molecule has 1 aliphatic carbocycles. The van der Waals surface area contributed by atoms with Gasteiger partial charge in [0.15, 0.2) is 0 Å². The van der Waals surface area contributed by atoms with Crippen LogP contribution in [0.4, 0.5) is 0 Å². The minimum Gasteiger partial charge on any atom is -0.0839 e. The standard InChI is InChI=1S/C11H18.C2H6/c1-4-10-7-5-6-8-11(10)9(2)3;1-2/h5,7,9H,4,6,8H2,1-3H3;1-2H3. The summed E-state index contributed by atoms with van der Waals surface area (Å²) < 4.78 is 0. The molecule has 0 aliphatic heterocycles. The summed E-state index contributed by atoms with van der Waals surface area (Å²) in [5, 5.41) is 0. The van der Waals surface area contributed by atoms with Crippen molar-refractivity contribution in [2.75, 3.05) is 0 Å². The monoisotopic (exact) mass is 180 g/mol. The molecule has 0 spiro atoms. The molecule has 0 aromatic carbocycles. The maximum Gasteiger partial charge on any atom is -0.0254 e. The lowest BCUT2D eigenvalue weighted by Gasteiger charge is -2.18. The van der Waals surface area contributed by atoms with Crippen molar-refractivity contribution in [2.45, 2.75) is 53.9 Å². The summed E-state index contributed by atoms with van der Waals surface area (Å²) in [6.07, 6.45) is 8.34. The zero-order valence-electron chi connectivity index (χ0n) is 9.85. The first-order chi connectivity index (χ1) is 6.25. The van der Waals surface area contributed by atoms with Crippen LogP contribution in [0, 0.1) is 5.92 Å². The summed E-state index contributed by atoms with van der Waals surface area (Å²) >= 11 is 0. The quantitative estimate of drug-likeness (QED) is 0.576. The van der Waals surface area contributed by atoms with Gasteiger partial charge in [0, 0.05) is 0 Å². The molecule has 76 valence electrons. The lowest BCUT2D eigenvalue weighted by atomic mass is 9.88. The van der Waals surface area contributed by atoms with Crippen LogP contribution in [-0.4, -0.2) is 0 Å². The molecule has 0 radical (unpaired) electrons. The second-order valence-corrected chi connectivity index (χ2v) is 3.50. The Morgan fingerprint density at radius 3 is 2.31 bits per heavy atom. The molecule has 0 atom stereocenters. The fourth-order valence-corrected chi connectivity index (χ4v) is 1.74. The summed E-state index contributed by atoms with van der Waals surface area (Å²) in [4.78, 5) is 0. The summed E-state index contributed by atoms with van der Waals surface area (Å²) in [6, 6.07) is 0. The Kier molecular flexibility index (Phi) is 6.66. The van der Waals surface area contributed by atoms with Crippen LogP contribution in [0.5, 0.6) is 0 Å². The fourth-order valence-electron chi connectivity index (χ4n) is 1.74. The summed E-state index contributed by atoms with van der Waals surface area (Å²) in [6.45, 7) is 10.8. The van der Waals surface area contributed by atoms with Gasteiger partial charge < -0.3 is 0 Å². The predicted molar refractivity (Wildman–Crippen MR) is 61.9 cm³/mol. The number of hydrogen-bond donors (Lipinski definition) is 0. The van der Waals surface area contributed by atoms with Crippen LogP contribution in [0.15, 0.2) is 23.3 Å². The van der Waals surface area contributed by atoms with Gasteiger partial charge in [0.05, 0.1) is 0 Å². The Bertz CT molecular complexity index is 182. The van der Waals surface area contributed by atoms with Gasteiger partial charge >= 0.3 is 0 Å². The maximum atomic E-state index is 2.30. The highest BCUT2D eigenvalue weighted by Gasteiger charge is 2.09. The van der Waals surface area contributed by atoms with Gasteiger partial charge in [-0.15, -0.1) is 0 Å². The molecule has 0 aromatic rings. The van der Waals surface area contributed by atoms with E-state index in [1.54, 1.807) is 11.1 Å². The van der Waals surface area contributed by atoms with E-state index < -0.39 is 0 Å². The first-order valence-corrected chi connectivity index (χ1v) is 5.64. The zero-order chi connectivity index (χ0) is 10.3. The highest BCUT2D eigenvalue weighted by atomic mass is 14.1. The Morgan fingerprint density at radius 2 is 1.92 bits per heavy atom. The average molecular weight is 180 g/mol. The molecular formula is C13H24. The van der Waals surface area contributed by atoms with Crippen molar-refractivity contribution in [3.8, 4) is 0 Å².